The zero-order valence-electron chi connectivity index (χ0n) is 12.3. The normalized spacial score (nSPS) is 10.3. The van der Waals surface area contributed by atoms with Crippen molar-refractivity contribution in [3.05, 3.63) is 72.6 Å². The van der Waals surface area contributed by atoms with Crippen LogP contribution in [0.2, 0.25) is 0 Å². The van der Waals surface area contributed by atoms with Crippen molar-refractivity contribution >= 4 is 28.3 Å². The van der Waals surface area contributed by atoms with Gasteiger partial charge in [0, 0.05) is 24.6 Å². The smallest absolute Gasteiger partial charge is 0.313 e. The summed E-state index contributed by atoms with van der Waals surface area (Å²) in [6, 6.07) is 16.9. The Bertz CT molecular complexity index is 847. The molecule has 2 aromatic carbocycles. The number of fused-ring (bicyclic) bond motifs is 1. The lowest BCUT2D eigenvalue weighted by Gasteiger charge is -2.07. The molecule has 0 radical (unpaired) electrons. The molecule has 0 fully saturated rings. The highest BCUT2D eigenvalue weighted by Crippen LogP contribution is 2.18. The zero-order valence-corrected chi connectivity index (χ0v) is 12.3. The molecule has 0 saturated heterocycles. The van der Waals surface area contributed by atoms with E-state index in [0.29, 0.717) is 5.69 Å². The number of carbonyl (C=O) groups is 2. The van der Waals surface area contributed by atoms with Crippen molar-refractivity contribution in [3.63, 3.8) is 0 Å². The lowest BCUT2D eigenvalue weighted by atomic mass is 10.1. The van der Waals surface area contributed by atoms with Crippen molar-refractivity contribution in [3.8, 4) is 0 Å². The molecule has 5 heteroatoms. The van der Waals surface area contributed by atoms with Crippen molar-refractivity contribution in [2.75, 3.05) is 5.32 Å². The number of hydrogen-bond donors (Lipinski definition) is 2. The van der Waals surface area contributed by atoms with E-state index in [1.165, 1.54) is 0 Å². The fourth-order valence-corrected chi connectivity index (χ4v) is 2.22. The van der Waals surface area contributed by atoms with E-state index in [1.807, 2.05) is 42.5 Å². The van der Waals surface area contributed by atoms with E-state index in [1.54, 1.807) is 24.5 Å². The number of anilines is 1. The maximum Gasteiger partial charge on any atom is 0.313 e. The van der Waals surface area contributed by atoms with E-state index in [0.717, 1.165) is 16.3 Å². The van der Waals surface area contributed by atoms with Crippen LogP contribution in [0.25, 0.3) is 10.8 Å². The Kier molecular flexibility index (Phi) is 4.29. The Morgan fingerprint density at radius 3 is 2.52 bits per heavy atom. The van der Waals surface area contributed by atoms with Gasteiger partial charge in [-0.3, -0.25) is 14.6 Å². The van der Waals surface area contributed by atoms with Crippen molar-refractivity contribution in [2.24, 2.45) is 0 Å². The fraction of sp³-hybridized carbons (Fsp3) is 0.0556. The molecule has 5 nitrogen and oxygen atoms in total. The second-order valence-electron chi connectivity index (χ2n) is 5.06. The van der Waals surface area contributed by atoms with Crippen LogP contribution in [0.5, 0.6) is 0 Å². The standard InChI is InChI=1S/C18H15N3O2/c22-17(20-12-13-4-3-9-19-11-13)18(23)21-16-8-7-14-5-1-2-6-15(14)10-16/h1-11H,12H2,(H,20,22)(H,21,23). The van der Waals surface area contributed by atoms with Crippen LogP contribution in [-0.4, -0.2) is 16.8 Å². The average Bonchev–Trinajstić information content (AvgIpc) is 2.60. The average molecular weight is 305 g/mol. The molecule has 0 aliphatic heterocycles. The summed E-state index contributed by atoms with van der Waals surface area (Å²) in [4.78, 5) is 27.7. The van der Waals surface area contributed by atoms with Gasteiger partial charge in [-0.1, -0.05) is 36.4 Å². The Balaban J connectivity index is 1.62. The van der Waals surface area contributed by atoms with Gasteiger partial charge in [0.25, 0.3) is 0 Å². The summed E-state index contributed by atoms with van der Waals surface area (Å²) in [5, 5.41) is 7.25. The summed E-state index contributed by atoms with van der Waals surface area (Å²) >= 11 is 0. The highest BCUT2D eigenvalue weighted by atomic mass is 16.2. The highest BCUT2D eigenvalue weighted by molar-refractivity contribution is 6.39. The van der Waals surface area contributed by atoms with Gasteiger partial charge in [-0.15, -0.1) is 0 Å². The number of hydrogen-bond acceptors (Lipinski definition) is 3. The number of rotatable bonds is 3. The molecule has 0 spiro atoms. The molecule has 0 saturated carbocycles. The molecule has 2 amide bonds. The van der Waals surface area contributed by atoms with E-state index < -0.39 is 11.8 Å². The predicted octanol–water partition coefficient (Wildman–Crippen LogP) is 2.49. The van der Waals surface area contributed by atoms with Gasteiger partial charge >= 0.3 is 11.8 Å². The molecular formula is C18H15N3O2. The minimum absolute atomic E-state index is 0.262. The molecule has 3 aromatic rings. The highest BCUT2D eigenvalue weighted by Gasteiger charge is 2.13. The van der Waals surface area contributed by atoms with Gasteiger partial charge in [0.1, 0.15) is 0 Å². The van der Waals surface area contributed by atoms with E-state index in [2.05, 4.69) is 15.6 Å². The van der Waals surface area contributed by atoms with Crippen molar-refractivity contribution < 1.29 is 9.59 Å². The number of pyridine rings is 1. The Labute approximate surface area is 133 Å². The predicted molar refractivity (Wildman–Crippen MR) is 88.7 cm³/mol. The molecule has 114 valence electrons. The second kappa shape index (κ2) is 6.70. The number of aromatic nitrogens is 1. The van der Waals surface area contributed by atoms with Crippen molar-refractivity contribution in [2.45, 2.75) is 6.54 Å². The molecular weight excluding hydrogens is 290 g/mol. The molecule has 23 heavy (non-hydrogen) atoms. The quantitative estimate of drug-likeness (QED) is 0.730. The molecule has 0 aliphatic rings. The molecule has 2 N–H and O–H groups in total. The number of nitrogens with zero attached hydrogens (tertiary/aromatic N) is 1. The first kappa shape index (κ1) is 14.7. The van der Waals surface area contributed by atoms with E-state index in [4.69, 9.17) is 0 Å². The third-order valence-corrected chi connectivity index (χ3v) is 3.39. The van der Waals surface area contributed by atoms with Crippen LogP contribution in [-0.2, 0) is 16.1 Å². The second-order valence-corrected chi connectivity index (χ2v) is 5.06. The van der Waals surface area contributed by atoms with E-state index in [9.17, 15) is 9.59 Å². The van der Waals surface area contributed by atoms with Crippen LogP contribution < -0.4 is 10.6 Å². The summed E-state index contributed by atoms with van der Waals surface area (Å²) in [5.41, 5.74) is 1.42. The van der Waals surface area contributed by atoms with Crippen LogP contribution in [0.15, 0.2) is 67.0 Å². The van der Waals surface area contributed by atoms with Gasteiger partial charge in [0.15, 0.2) is 0 Å². The largest absolute Gasteiger partial charge is 0.344 e. The van der Waals surface area contributed by atoms with Crippen molar-refractivity contribution in [1.29, 1.82) is 0 Å². The van der Waals surface area contributed by atoms with E-state index in [-0.39, 0.29) is 6.54 Å². The molecule has 0 aliphatic carbocycles. The summed E-state index contributed by atoms with van der Waals surface area (Å²) < 4.78 is 0. The van der Waals surface area contributed by atoms with Crippen LogP contribution >= 0.6 is 0 Å². The van der Waals surface area contributed by atoms with Crippen LogP contribution in [0.1, 0.15) is 5.56 Å². The number of benzene rings is 2. The lowest BCUT2D eigenvalue weighted by molar-refractivity contribution is -0.136. The Hall–Kier alpha value is -3.21. The molecule has 3 rings (SSSR count). The van der Waals surface area contributed by atoms with Gasteiger partial charge in [-0.25, -0.2) is 0 Å². The SMILES string of the molecule is O=C(NCc1cccnc1)C(=O)Nc1ccc2ccccc2c1. The van der Waals surface area contributed by atoms with Gasteiger partial charge in [-0.05, 0) is 34.5 Å². The van der Waals surface area contributed by atoms with Gasteiger partial charge in [-0.2, -0.15) is 0 Å². The zero-order chi connectivity index (χ0) is 16.1. The number of nitrogens with one attached hydrogen (secondary N) is 2. The van der Waals surface area contributed by atoms with Gasteiger partial charge < -0.3 is 10.6 Å². The first-order valence-electron chi connectivity index (χ1n) is 7.19. The Morgan fingerprint density at radius 2 is 1.74 bits per heavy atom. The minimum Gasteiger partial charge on any atom is -0.344 e. The maximum atomic E-state index is 11.9. The molecule has 1 heterocycles. The van der Waals surface area contributed by atoms with Gasteiger partial charge in [0.05, 0.1) is 0 Å². The number of amides is 2. The van der Waals surface area contributed by atoms with Crippen LogP contribution in [0.4, 0.5) is 5.69 Å². The third kappa shape index (κ3) is 3.71. The van der Waals surface area contributed by atoms with Crippen LogP contribution in [0.3, 0.4) is 0 Å². The molecule has 0 atom stereocenters. The minimum atomic E-state index is -0.691. The lowest BCUT2D eigenvalue weighted by Crippen LogP contribution is -2.34. The molecule has 0 bridgehead atoms. The molecule has 1 aromatic heterocycles. The third-order valence-electron chi connectivity index (χ3n) is 3.39. The fourth-order valence-electron chi connectivity index (χ4n) is 2.22. The summed E-state index contributed by atoms with van der Waals surface area (Å²) in [6.07, 6.45) is 3.29. The van der Waals surface area contributed by atoms with E-state index >= 15 is 0 Å². The summed E-state index contributed by atoms with van der Waals surface area (Å²) in [6.45, 7) is 0.262. The van der Waals surface area contributed by atoms with Gasteiger partial charge in [0.2, 0.25) is 0 Å². The topological polar surface area (TPSA) is 71.1 Å². The first-order valence-corrected chi connectivity index (χ1v) is 7.19. The number of carbonyl (C=O) groups excluding carboxylic acids is 2. The summed E-state index contributed by atoms with van der Waals surface area (Å²) in [7, 11) is 0. The molecule has 0 unspecified atom stereocenters. The van der Waals surface area contributed by atoms with Crippen LogP contribution in [0, 0.1) is 0 Å². The monoisotopic (exact) mass is 305 g/mol. The van der Waals surface area contributed by atoms with Crippen molar-refractivity contribution in [1.82, 2.24) is 10.3 Å². The first-order chi connectivity index (χ1) is 11.2. The summed E-state index contributed by atoms with van der Waals surface area (Å²) in [5.74, 6) is -1.37. The Morgan fingerprint density at radius 1 is 0.913 bits per heavy atom. The maximum absolute atomic E-state index is 11.9.